The Hall–Kier alpha value is -2.51. The van der Waals surface area contributed by atoms with E-state index in [1.165, 1.54) is 12.0 Å². The lowest BCUT2D eigenvalue weighted by Gasteiger charge is -2.38. The van der Waals surface area contributed by atoms with E-state index in [9.17, 15) is 19.5 Å². The summed E-state index contributed by atoms with van der Waals surface area (Å²) in [5, 5.41) is 10.3. The van der Waals surface area contributed by atoms with Gasteiger partial charge in [0, 0.05) is 24.6 Å². The normalized spacial score (nSPS) is 17.0. The summed E-state index contributed by atoms with van der Waals surface area (Å²) in [7, 11) is 1.19. The molecule has 0 radical (unpaired) electrons. The highest BCUT2D eigenvalue weighted by molar-refractivity contribution is 6.43. The van der Waals surface area contributed by atoms with Gasteiger partial charge in [-0.05, 0) is 26.3 Å². The molecule has 0 saturated heterocycles. The quantitative estimate of drug-likeness (QED) is 0.611. The highest BCUT2D eigenvalue weighted by Crippen LogP contribution is 2.42. The van der Waals surface area contributed by atoms with Crippen molar-refractivity contribution < 1.29 is 30.3 Å². The first-order valence-corrected chi connectivity index (χ1v) is 9.84. The van der Waals surface area contributed by atoms with Crippen molar-refractivity contribution in [3.63, 3.8) is 0 Å². The van der Waals surface area contributed by atoms with Crippen LogP contribution in [0.15, 0.2) is 35.0 Å². The van der Waals surface area contributed by atoms with E-state index in [1.54, 1.807) is 32.0 Å². The van der Waals surface area contributed by atoms with Crippen LogP contribution >= 0.6 is 23.2 Å². The van der Waals surface area contributed by atoms with Gasteiger partial charge in [-0.3, -0.25) is 4.79 Å². The average molecular weight is 457 g/mol. The molecule has 1 N–H and O–H groups in total. The summed E-state index contributed by atoms with van der Waals surface area (Å²) in [6, 6.07) is 4.04. The second-order valence-electron chi connectivity index (χ2n) is 6.54. The number of benzene rings is 1. The maximum Gasteiger partial charge on any atom is 0.338 e. The minimum atomic E-state index is -1.29. The average Bonchev–Trinajstić information content (AvgIpc) is 2.72. The van der Waals surface area contributed by atoms with E-state index in [2.05, 4.69) is 0 Å². The van der Waals surface area contributed by atoms with Crippen molar-refractivity contribution in [2.45, 2.75) is 39.6 Å². The molecule has 1 atom stereocenters. The Kier molecular flexibility index (Phi) is 7.39. The van der Waals surface area contributed by atoms with Gasteiger partial charge in [0.2, 0.25) is 0 Å². The van der Waals surface area contributed by atoms with Gasteiger partial charge in [0.05, 0.1) is 34.3 Å². The number of aliphatic carboxylic acids is 1. The van der Waals surface area contributed by atoms with Gasteiger partial charge in [0.15, 0.2) is 6.73 Å². The topological polar surface area (TPSA) is 93.1 Å². The fraction of sp³-hybridized carbons (Fsp3) is 0.381. The third-order valence-corrected chi connectivity index (χ3v) is 5.60. The monoisotopic (exact) mass is 456 g/mol. The van der Waals surface area contributed by atoms with Crippen molar-refractivity contribution >= 4 is 46.7 Å². The molecule has 2 rings (SSSR count). The van der Waals surface area contributed by atoms with Gasteiger partial charge in [-0.1, -0.05) is 42.2 Å². The molecule has 1 aliphatic rings. The number of carbonyl (C=O) groups is 3. The van der Waals surface area contributed by atoms with Crippen LogP contribution in [-0.2, 0) is 23.9 Å². The SMILES string of the molecule is [2H]CCCC(=O)OCN1C(C)=C(C(=O)O)C(c2cccc(Cl)c2Cl)=C(C(=O)OC)C1C. The molecule has 9 heteroatoms. The van der Waals surface area contributed by atoms with Crippen LogP contribution in [0.5, 0.6) is 0 Å². The first-order chi connectivity index (χ1) is 14.6. The van der Waals surface area contributed by atoms with Gasteiger partial charge in [0.25, 0.3) is 0 Å². The van der Waals surface area contributed by atoms with E-state index in [0.717, 1.165) is 0 Å². The largest absolute Gasteiger partial charge is 0.478 e. The van der Waals surface area contributed by atoms with Crippen molar-refractivity contribution in [3.05, 3.63) is 50.7 Å². The molecule has 1 aliphatic heterocycles. The minimum absolute atomic E-state index is 0.0527. The summed E-state index contributed by atoms with van der Waals surface area (Å²) >= 11 is 12.5. The summed E-state index contributed by atoms with van der Waals surface area (Å²) in [4.78, 5) is 38.4. The minimum Gasteiger partial charge on any atom is -0.478 e. The van der Waals surface area contributed by atoms with Crippen LogP contribution in [0.3, 0.4) is 0 Å². The smallest absolute Gasteiger partial charge is 0.338 e. The third kappa shape index (κ3) is 4.63. The molecule has 7 nitrogen and oxygen atoms in total. The van der Waals surface area contributed by atoms with E-state index in [1.807, 2.05) is 0 Å². The van der Waals surface area contributed by atoms with Crippen molar-refractivity contribution in [3.8, 4) is 0 Å². The number of allylic oxidation sites excluding steroid dienone is 1. The number of nitrogens with zero attached hydrogens (tertiary/aromatic N) is 1. The standard InChI is InChI=1S/C21H23Cl2NO6/c1-5-7-15(25)30-10-24-11(2)16(20(26)27)18(17(12(24)3)21(28)29-4)13-8-6-9-14(22)19(13)23/h6,8-9,12H,5,7,10H2,1-4H3,(H,26,27)/i1D. The Labute approximate surface area is 186 Å². The first kappa shape index (κ1) is 22.2. The van der Waals surface area contributed by atoms with Gasteiger partial charge in [-0.15, -0.1) is 0 Å². The lowest BCUT2D eigenvalue weighted by Crippen LogP contribution is -2.42. The van der Waals surface area contributed by atoms with Crippen molar-refractivity contribution in [2.75, 3.05) is 13.8 Å². The van der Waals surface area contributed by atoms with E-state index in [0.29, 0.717) is 6.42 Å². The molecule has 0 bridgehead atoms. The fourth-order valence-corrected chi connectivity index (χ4v) is 3.70. The number of carbonyl (C=O) groups excluding carboxylic acids is 2. The second-order valence-corrected chi connectivity index (χ2v) is 7.33. The first-order valence-electron chi connectivity index (χ1n) is 9.79. The molecule has 1 aromatic rings. The predicted molar refractivity (Wildman–Crippen MR) is 113 cm³/mol. The molecule has 1 heterocycles. The molecular weight excluding hydrogens is 433 g/mol. The number of hydrogen-bond acceptors (Lipinski definition) is 6. The molecule has 30 heavy (non-hydrogen) atoms. The number of methoxy groups -OCH3 is 1. The third-order valence-electron chi connectivity index (χ3n) is 4.78. The number of hydrogen-bond donors (Lipinski definition) is 1. The molecule has 1 unspecified atom stereocenters. The lowest BCUT2D eigenvalue weighted by atomic mass is 9.84. The number of halogens is 2. The predicted octanol–water partition coefficient (Wildman–Crippen LogP) is 4.28. The van der Waals surface area contributed by atoms with Gasteiger partial charge in [-0.2, -0.15) is 0 Å². The zero-order chi connectivity index (χ0) is 23.3. The Balaban J connectivity index is 2.64. The van der Waals surface area contributed by atoms with E-state index in [-0.39, 0.29) is 58.1 Å². The van der Waals surface area contributed by atoms with Crippen LogP contribution in [-0.4, -0.2) is 47.8 Å². The fourth-order valence-electron chi connectivity index (χ4n) is 3.30. The van der Waals surface area contributed by atoms with Gasteiger partial charge in [-0.25, -0.2) is 9.59 Å². The van der Waals surface area contributed by atoms with Gasteiger partial charge < -0.3 is 19.5 Å². The molecule has 0 spiro atoms. The molecule has 0 fully saturated rings. The van der Waals surface area contributed by atoms with Crippen molar-refractivity contribution in [2.24, 2.45) is 0 Å². The highest BCUT2D eigenvalue weighted by atomic mass is 35.5. The Morgan fingerprint density at radius 2 is 2.00 bits per heavy atom. The van der Waals surface area contributed by atoms with Crippen molar-refractivity contribution in [1.82, 2.24) is 4.90 Å². The molecular formula is C21H23Cl2NO6. The highest BCUT2D eigenvalue weighted by Gasteiger charge is 2.39. The number of ether oxygens (including phenoxy) is 2. The number of carboxylic acids is 1. The second kappa shape index (κ2) is 10.00. The van der Waals surface area contributed by atoms with Crippen LogP contribution in [0.25, 0.3) is 5.57 Å². The molecule has 0 amide bonds. The zero-order valence-electron chi connectivity index (χ0n) is 17.8. The Morgan fingerprint density at radius 1 is 1.30 bits per heavy atom. The van der Waals surface area contributed by atoms with Crippen molar-refractivity contribution in [1.29, 1.82) is 0 Å². The Morgan fingerprint density at radius 3 is 2.60 bits per heavy atom. The summed E-state index contributed by atoms with van der Waals surface area (Å²) < 4.78 is 17.3. The summed E-state index contributed by atoms with van der Waals surface area (Å²) in [5.41, 5.74) is 0.549. The number of carboxylic acid groups (broad SMARTS) is 1. The zero-order valence-corrected chi connectivity index (χ0v) is 18.3. The summed E-state index contributed by atoms with van der Waals surface area (Å²) in [6.07, 6.45) is 0.428. The van der Waals surface area contributed by atoms with Crippen LogP contribution in [0, 0.1) is 0 Å². The van der Waals surface area contributed by atoms with Crippen LogP contribution < -0.4 is 0 Å². The molecule has 1 aromatic carbocycles. The lowest BCUT2D eigenvalue weighted by molar-refractivity contribution is -0.148. The number of esters is 2. The van der Waals surface area contributed by atoms with Crippen LogP contribution in [0.1, 0.15) is 40.5 Å². The van der Waals surface area contributed by atoms with E-state index < -0.39 is 23.9 Å². The van der Waals surface area contributed by atoms with Crippen LogP contribution in [0.4, 0.5) is 0 Å². The number of rotatable bonds is 7. The van der Waals surface area contributed by atoms with Gasteiger partial charge in [0.1, 0.15) is 0 Å². The molecule has 0 saturated carbocycles. The summed E-state index contributed by atoms with van der Waals surface area (Å²) in [6.45, 7) is 3.06. The van der Waals surface area contributed by atoms with Gasteiger partial charge >= 0.3 is 17.9 Å². The van der Waals surface area contributed by atoms with E-state index in [4.69, 9.17) is 34.0 Å². The molecule has 162 valence electrons. The maximum absolute atomic E-state index is 12.7. The maximum atomic E-state index is 12.7. The van der Waals surface area contributed by atoms with Crippen LogP contribution in [0.2, 0.25) is 10.0 Å². The summed E-state index contributed by atoms with van der Waals surface area (Å²) in [5.74, 6) is -2.55. The molecule has 0 aliphatic carbocycles. The van der Waals surface area contributed by atoms with E-state index >= 15 is 0 Å². The molecule has 0 aromatic heterocycles. The Bertz CT molecular complexity index is 959.